The van der Waals surface area contributed by atoms with Crippen molar-refractivity contribution in [3.63, 3.8) is 0 Å². The van der Waals surface area contributed by atoms with Crippen molar-refractivity contribution in [1.82, 2.24) is 29.5 Å². The first-order valence-electron chi connectivity index (χ1n) is 12.1. The fourth-order valence-electron chi connectivity index (χ4n) is 4.98. The Morgan fingerprint density at radius 3 is 2.55 bits per heavy atom. The van der Waals surface area contributed by atoms with Crippen LogP contribution in [-0.4, -0.2) is 69.9 Å². The van der Waals surface area contributed by atoms with Gasteiger partial charge >= 0.3 is 5.69 Å². The zero-order valence-electron chi connectivity index (χ0n) is 19.9. The summed E-state index contributed by atoms with van der Waals surface area (Å²) < 4.78 is 3.48. The van der Waals surface area contributed by atoms with Gasteiger partial charge in [-0.25, -0.2) is 9.48 Å². The molecule has 0 aliphatic carbocycles. The summed E-state index contributed by atoms with van der Waals surface area (Å²) >= 11 is 0. The van der Waals surface area contributed by atoms with Gasteiger partial charge in [0.1, 0.15) is 5.82 Å². The predicted molar refractivity (Wildman–Crippen MR) is 143 cm³/mol. The number of benzene rings is 1. The van der Waals surface area contributed by atoms with Gasteiger partial charge in [0, 0.05) is 65.3 Å². The number of halogens is 1. The van der Waals surface area contributed by atoms with Gasteiger partial charge in [0.2, 0.25) is 0 Å². The van der Waals surface area contributed by atoms with Crippen LogP contribution in [0, 0.1) is 0 Å². The number of aromatic nitrogens is 3. The minimum absolute atomic E-state index is 0. The first kappa shape index (κ1) is 25.7. The third-order valence-corrected chi connectivity index (χ3v) is 6.70. The van der Waals surface area contributed by atoms with Crippen molar-refractivity contribution in [2.45, 2.75) is 58.2 Å². The SMILES string of the molecule is CCC(c1ccccc1)N1CCN(C(=NC)NCCCn2nc3n(c2=O)CCCC3)CC1.I. The summed E-state index contributed by atoms with van der Waals surface area (Å²) in [5, 5.41) is 8.02. The second-order valence-corrected chi connectivity index (χ2v) is 8.72. The zero-order chi connectivity index (χ0) is 22.3. The molecule has 1 atom stereocenters. The van der Waals surface area contributed by atoms with E-state index in [0.717, 1.165) is 83.2 Å². The highest BCUT2D eigenvalue weighted by molar-refractivity contribution is 14.0. The van der Waals surface area contributed by atoms with Crippen molar-refractivity contribution in [2.75, 3.05) is 39.8 Å². The molecule has 1 saturated heterocycles. The Morgan fingerprint density at radius 2 is 1.88 bits per heavy atom. The third kappa shape index (κ3) is 6.17. The van der Waals surface area contributed by atoms with Gasteiger partial charge in [0.25, 0.3) is 0 Å². The molecule has 8 nitrogen and oxygen atoms in total. The molecule has 0 spiro atoms. The minimum atomic E-state index is 0. The van der Waals surface area contributed by atoms with Crippen LogP contribution in [0.3, 0.4) is 0 Å². The van der Waals surface area contributed by atoms with E-state index in [9.17, 15) is 4.79 Å². The number of aliphatic imine (C=N–C) groups is 1. The normalized spacial score (nSPS) is 17.9. The van der Waals surface area contributed by atoms with Crippen LogP contribution in [0.5, 0.6) is 0 Å². The number of hydrogen-bond donors (Lipinski definition) is 1. The van der Waals surface area contributed by atoms with E-state index >= 15 is 0 Å². The molecule has 2 aliphatic heterocycles. The van der Waals surface area contributed by atoms with Gasteiger partial charge in [0.05, 0.1) is 0 Å². The Kier molecular flexibility index (Phi) is 9.78. The Labute approximate surface area is 214 Å². The molecule has 2 aromatic rings. The molecule has 0 radical (unpaired) electrons. The maximum Gasteiger partial charge on any atom is 0.345 e. The average molecular weight is 568 g/mol. The van der Waals surface area contributed by atoms with Crippen LogP contribution in [0.15, 0.2) is 40.1 Å². The van der Waals surface area contributed by atoms with Crippen molar-refractivity contribution in [2.24, 2.45) is 4.99 Å². The Hall–Kier alpha value is -1.88. The van der Waals surface area contributed by atoms with E-state index in [-0.39, 0.29) is 29.7 Å². The maximum atomic E-state index is 12.5. The van der Waals surface area contributed by atoms with E-state index in [4.69, 9.17) is 0 Å². The smallest absolute Gasteiger partial charge is 0.345 e. The van der Waals surface area contributed by atoms with Gasteiger partial charge in [0.15, 0.2) is 5.96 Å². The number of guanidine groups is 1. The summed E-state index contributed by atoms with van der Waals surface area (Å²) in [4.78, 5) is 21.9. The number of piperazine rings is 1. The monoisotopic (exact) mass is 567 g/mol. The van der Waals surface area contributed by atoms with Crippen LogP contribution in [0.4, 0.5) is 0 Å². The largest absolute Gasteiger partial charge is 0.356 e. The molecule has 1 N–H and O–H groups in total. The van der Waals surface area contributed by atoms with E-state index in [1.165, 1.54) is 5.56 Å². The van der Waals surface area contributed by atoms with Crippen LogP contribution >= 0.6 is 24.0 Å². The molecule has 4 rings (SSSR count). The molecular weight excluding hydrogens is 529 g/mol. The fourth-order valence-corrected chi connectivity index (χ4v) is 4.98. The highest BCUT2D eigenvalue weighted by atomic mass is 127. The summed E-state index contributed by atoms with van der Waals surface area (Å²) in [5.41, 5.74) is 1.45. The number of rotatable bonds is 7. The molecule has 1 unspecified atom stereocenters. The summed E-state index contributed by atoms with van der Waals surface area (Å²) in [6, 6.07) is 11.3. The zero-order valence-corrected chi connectivity index (χ0v) is 22.3. The Balaban J connectivity index is 0.00000306. The minimum Gasteiger partial charge on any atom is -0.356 e. The molecule has 3 heterocycles. The molecule has 1 fully saturated rings. The number of hydrogen-bond acceptors (Lipinski definition) is 4. The van der Waals surface area contributed by atoms with Gasteiger partial charge in [-0.3, -0.25) is 14.5 Å². The quantitative estimate of drug-likeness (QED) is 0.241. The van der Waals surface area contributed by atoms with Crippen LogP contribution in [0.2, 0.25) is 0 Å². The molecule has 1 aromatic heterocycles. The van der Waals surface area contributed by atoms with E-state index in [1.54, 1.807) is 4.68 Å². The van der Waals surface area contributed by atoms with Gasteiger partial charge < -0.3 is 10.2 Å². The van der Waals surface area contributed by atoms with Crippen molar-refractivity contribution in [3.05, 3.63) is 52.2 Å². The Bertz CT molecular complexity index is 947. The molecule has 0 saturated carbocycles. The van der Waals surface area contributed by atoms with Crippen LogP contribution in [0.1, 0.15) is 50.0 Å². The molecule has 33 heavy (non-hydrogen) atoms. The van der Waals surface area contributed by atoms with Gasteiger partial charge in [-0.05, 0) is 31.2 Å². The van der Waals surface area contributed by atoms with Gasteiger partial charge in [-0.1, -0.05) is 37.3 Å². The standard InChI is InChI=1S/C24H37N7O.HI/c1-3-21(20-10-5-4-6-11-20)28-16-18-29(19-17-28)23(25-2)26-13-9-15-31-24(32)30-14-8-7-12-22(30)27-31;/h4-6,10-11,21H,3,7-9,12-19H2,1-2H3,(H,25,26);1H. The first-order valence-corrected chi connectivity index (χ1v) is 12.1. The van der Waals surface area contributed by atoms with Crippen molar-refractivity contribution in [3.8, 4) is 0 Å². The van der Waals surface area contributed by atoms with E-state index in [1.807, 2.05) is 11.6 Å². The molecule has 0 amide bonds. The van der Waals surface area contributed by atoms with Crippen LogP contribution in [-0.2, 0) is 19.5 Å². The fraction of sp³-hybridized carbons (Fsp3) is 0.625. The van der Waals surface area contributed by atoms with E-state index in [2.05, 4.69) is 62.5 Å². The Morgan fingerprint density at radius 1 is 1.12 bits per heavy atom. The summed E-state index contributed by atoms with van der Waals surface area (Å²) in [6.45, 7) is 8.51. The maximum absolute atomic E-state index is 12.5. The molecule has 9 heteroatoms. The van der Waals surface area contributed by atoms with Gasteiger partial charge in [-0.2, -0.15) is 5.10 Å². The van der Waals surface area contributed by atoms with Crippen molar-refractivity contribution >= 4 is 29.9 Å². The number of nitrogens with zero attached hydrogens (tertiary/aromatic N) is 6. The first-order chi connectivity index (χ1) is 15.7. The van der Waals surface area contributed by atoms with E-state index < -0.39 is 0 Å². The van der Waals surface area contributed by atoms with Crippen molar-refractivity contribution < 1.29 is 0 Å². The second kappa shape index (κ2) is 12.5. The highest BCUT2D eigenvalue weighted by Gasteiger charge is 2.25. The lowest BCUT2D eigenvalue weighted by atomic mass is 10.0. The number of fused-ring (bicyclic) bond motifs is 1. The lowest BCUT2D eigenvalue weighted by molar-refractivity contribution is 0.127. The molecule has 2 aliphatic rings. The second-order valence-electron chi connectivity index (χ2n) is 8.72. The van der Waals surface area contributed by atoms with E-state index in [0.29, 0.717) is 12.6 Å². The summed E-state index contributed by atoms with van der Waals surface area (Å²) in [6.07, 6.45) is 5.09. The lowest BCUT2D eigenvalue weighted by Crippen LogP contribution is -2.53. The number of aryl methyl sites for hydroxylation is 2. The molecule has 182 valence electrons. The van der Waals surface area contributed by atoms with Crippen LogP contribution < -0.4 is 11.0 Å². The third-order valence-electron chi connectivity index (χ3n) is 6.70. The predicted octanol–water partition coefficient (Wildman–Crippen LogP) is 2.73. The topological polar surface area (TPSA) is 70.7 Å². The molecule has 0 bridgehead atoms. The lowest BCUT2D eigenvalue weighted by Gasteiger charge is -2.40. The summed E-state index contributed by atoms with van der Waals surface area (Å²) in [5.74, 6) is 1.90. The summed E-state index contributed by atoms with van der Waals surface area (Å²) in [7, 11) is 1.85. The highest BCUT2D eigenvalue weighted by Crippen LogP contribution is 2.25. The molecular formula is C24H38IN7O. The van der Waals surface area contributed by atoms with Crippen LogP contribution in [0.25, 0.3) is 0 Å². The molecule has 1 aromatic carbocycles. The number of nitrogens with one attached hydrogen (secondary N) is 1. The van der Waals surface area contributed by atoms with Gasteiger partial charge in [-0.15, -0.1) is 24.0 Å². The average Bonchev–Trinajstić information content (AvgIpc) is 3.16. The van der Waals surface area contributed by atoms with Crippen molar-refractivity contribution in [1.29, 1.82) is 0 Å².